The highest BCUT2D eigenvalue weighted by atomic mass is 16.5. The molecule has 22 heavy (non-hydrogen) atoms. The number of aryl methyl sites for hydroxylation is 1. The van der Waals surface area contributed by atoms with Crippen LogP contribution in [0.5, 0.6) is 5.75 Å². The fourth-order valence-corrected chi connectivity index (χ4v) is 2.65. The van der Waals surface area contributed by atoms with Crippen molar-refractivity contribution in [2.75, 3.05) is 26.2 Å². The maximum Gasteiger partial charge on any atom is 0.191 e. The summed E-state index contributed by atoms with van der Waals surface area (Å²) >= 11 is 0. The first-order valence-corrected chi connectivity index (χ1v) is 7.97. The normalized spacial score (nSPS) is 20.8. The number of hydrogen-bond acceptors (Lipinski definition) is 3. The third kappa shape index (κ3) is 5.22. The van der Waals surface area contributed by atoms with Crippen LogP contribution in [0.1, 0.15) is 25.3 Å². The van der Waals surface area contributed by atoms with Gasteiger partial charge in [0.05, 0.1) is 6.54 Å². The van der Waals surface area contributed by atoms with E-state index in [1.807, 2.05) is 31.2 Å². The minimum Gasteiger partial charge on any atom is -0.491 e. The van der Waals surface area contributed by atoms with E-state index in [0.717, 1.165) is 30.8 Å². The van der Waals surface area contributed by atoms with E-state index < -0.39 is 6.10 Å². The lowest BCUT2D eigenvalue weighted by Crippen LogP contribution is -2.44. The number of aliphatic imine (C=N–C) groups is 1. The van der Waals surface area contributed by atoms with Crippen LogP contribution in [-0.2, 0) is 0 Å². The maximum absolute atomic E-state index is 9.97. The van der Waals surface area contributed by atoms with Crippen molar-refractivity contribution in [2.45, 2.75) is 32.8 Å². The maximum atomic E-state index is 9.97. The zero-order valence-electron chi connectivity index (χ0n) is 13.5. The summed E-state index contributed by atoms with van der Waals surface area (Å²) in [6.07, 6.45) is 1.74. The van der Waals surface area contributed by atoms with Crippen LogP contribution in [0.4, 0.5) is 0 Å². The van der Waals surface area contributed by atoms with Gasteiger partial charge in [-0.15, -0.1) is 0 Å². The highest BCUT2D eigenvalue weighted by molar-refractivity contribution is 5.78. The predicted molar refractivity (Wildman–Crippen MR) is 89.1 cm³/mol. The minimum atomic E-state index is -0.652. The van der Waals surface area contributed by atoms with Gasteiger partial charge in [-0.3, -0.25) is 4.99 Å². The zero-order valence-corrected chi connectivity index (χ0v) is 13.5. The number of benzene rings is 1. The number of piperidine rings is 1. The minimum absolute atomic E-state index is 0.219. The number of guanidine groups is 1. The Bertz CT molecular complexity index is 504. The fourth-order valence-electron chi connectivity index (χ4n) is 2.65. The van der Waals surface area contributed by atoms with Gasteiger partial charge >= 0.3 is 0 Å². The van der Waals surface area contributed by atoms with E-state index in [9.17, 15) is 5.11 Å². The van der Waals surface area contributed by atoms with E-state index in [-0.39, 0.29) is 13.2 Å². The molecule has 5 nitrogen and oxygen atoms in total. The molecule has 0 amide bonds. The molecular formula is C17H27N3O2. The van der Waals surface area contributed by atoms with Crippen molar-refractivity contribution >= 4 is 5.96 Å². The van der Waals surface area contributed by atoms with Crippen LogP contribution in [0.3, 0.4) is 0 Å². The average Bonchev–Trinajstić information content (AvgIpc) is 2.50. The summed E-state index contributed by atoms with van der Waals surface area (Å²) in [5, 5.41) is 9.97. The van der Waals surface area contributed by atoms with E-state index in [0.29, 0.717) is 11.9 Å². The second-order valence-corrected chi connectivity index (χ2v) is 6.17. The van der Waals surface area contributed by atoms with Gasteiger partial charge < -0.3 is 20.5 Å². The molecular weight excluding hydrogens is 278 g/mol. The summed E-state index contributed by atoms with van der Waals surface area (Å²) in [7, 11) is 0. The summed E-state index contributed by atoms with van der Waals surface area (Å²) in [6, 6.07) is 7.77. The van der Waals surface area contributed by atoms with E-state index in [1.54, 1.807) is 0 Å². The van der Waals surface area contributed by atoms with E-state index in [4.69, 9.17) is 10.5 Å². The molecule has 122 valence electrons. The van der Waals surface area contributed by atoms with Gasteiger partial charge in [0.2, 0.25) is 0 Å². The molecule has 0 saturated carbocycles. The zero-order chi connectivity index (χ0) is 15.9. The second kappa shape index (κ2) is 8.03. The lowest BCUT2D eigenvalue weighted by molar-refractivity contribution is 0.114. The first-order chi connectivity index (χ1) is 10.5. The average molecular weight is 305 g/mol. The second-order valence-electron chi connectivity index (χ2n) is 6.17. The van der Waals surface area contributed by atoms with E-state index >= 15 is 0 Å². The van der Waals surface area contributed by atoms with Crippen LogP contribution in [0.2, 0.25) is 0 Å². The van der Waals surface area contributed by atoms with Gasteiger partial charge in [-0.05, 0) is 43.4 Å². The summed E-state index contributed by atoms with van der Waals surface area (Å²) in [6.45, 7) is 6.62. The summed E-state index contributed by atoms with van der Waals surface area (Å²) < 4.78 is 5.57. The van der Waals surface area contributed by atoms with Crippen molar-refractivity contribution in [1.29, 1.82) is 0 Å². The molecule has 1 aliphatic heterocycles. The fraction of sp³-hybridized carbons (Fsp3) is 0.588. The molecule has 0 spiro atoms. The highest BCUT2D eigenvalue weighted by Crippen LogP contribution is 2.15. The Hall–Kier alpha value is -1.75. The number of rotatable bonds is 5. The topological polar surface area (TPSA) is 71.1 Å². The Balaban J connectivity index is 1.76. The molecule has 0 aromatic heterocycles. The van der Waals surface area contributed by atoms with Crippen LogP contribution in [-0.4, -0.2) is 48.3 Å². The molecule has 1 saturated heterocycles. The Morgan fingerprint density at radius 3 is 3.09 bits per heavy atom. The molecule has 1 fully saturated rings. The molecule has 2 rings (SSSR count). The SMILES string of the molecule is Cc1cccc(OCC(O)CN=C(N)N2CCCC(C)C2)c1. The van der Waals surface area contributed by atoms with Crippen molar-refractivity contribution in [3.05, 3.63) is 29.8 Å². The number of nitrogens with two attached hydrogens (primary N) is 1. The summed E-state index contributed by atoms with van der Waals surface area (Å²) in [4.78, 5) is 6.40. The molecule has 5 heteroatoms. The van der Waals surface area contributed by atoms with Gasteiger partial charge in [0, 0.05) is 13.1 Å². The van der Waals surface area contributed by atoms with E-state index in [1.165, 1.54) is 6.42 Å². The Kier molecular flexibility index (Phi) is 6.07. The van der Waals surface area contributed by atoms with E-state index in [2.05, 4.69) is 16.8 Å². The van der Waals surface area contributed by atoms with Gasteiger partial charge in [-0.25, -0.2) is 0 Å². The number of nitrogens with zero attached hydrogens (tertiary/aromatic N) is 2. The van der Waals surface area contributed by atoms with Crippen LogP contribution in [0.15, 0.2) is 29.3 Å². The largest absolute Gasteiger partial charge is 0.491 e. The third-order valence-electron chi connectivity index (χ3n) is 3.88. The Morgan fingerprint density at radius 1 is 1.55 bits per heavy atom. The molecule has 0 radical (unpaired) electrons. The lowest BCUT2D eigenvalue weighted by atomic mass is 10.0. The summed E-state index contributed by atoms with van der Waals surface area (Å²) in [5.74, 6) is 1.94. The number of hydrogen-bond donors (Lipinski definition) is 2. The first kappa shape index (κ1) is 16.6. The van der Waals surface area contributed by atoms with Gasteiger partial charge in [0.15, 0.2) is 5.96 Å². The summed E-state index contributed by atoms with van der Waals surface area (Å²) in [5.41, 5.74) is 7.14. The van der Waals surface area contributed by atoms with Gasteiger partial charge in [0.25, 0.3) is 0 Å². The molecule has 0 aliphatic carbocycles. The molecule has 1 aromatic carbocycles. The van der Waals surface area contributed by atoms with Crippen molar-refractivity contribution in [2.24, 2.45) is 16.6 Å². The van der Waals surface area contributed by atoms with Gasteiger partial charge in [-0.1, -0.05) is 19.1 Å². The molecule has 1 heterocycles. The Morgan fingerprint density at radius 2 is 2.36 bits per heavy atom. The Labute approximate surface area is 132 Å². The number of aliphatic hydroxyl groups is 1. The molecule has 2 unspecified atom stereocenters. The van der Waals surface area contributed by atoms with Crippen molar-refractivity contribution < 1.29 is 9.84 Å². The smallest absolute Gasteiger partial charge is 0.191 e. The molecule has 1 aliphatic rings. The lowest BCUT2D eigenvalue weighted by Gasteiger charge is -2.31. The molecule has 1 aromatic rings. The molecule has 3 N–H and O–H groups in total. The van der Waals surface area contributed by atoms with Crippen LogP contribution in [0, 0.1) is 12.8 Å². The van der Waals surface area contributed by atoms with Crippen molar-refractivity contribution in [3.8, 4) is 5.75 Å². The van der Waals surface area contributed by atoms with Crippen molar-refractivity contribution in [1.82, 2.24) is 4.90 Å². The number of aliphatic hydroxyl groups excluding tert-OH is 1. The monoisotopic (exact) mass is 305 g/mol. The standard InChI is InChI=1S/C17H27N3O2/c1-13-5-3-7-16(9-13)22-12-15(21)10-19-17(18)20-8-4-6-14(2)11-20/h3,5,7,9,14-15,21H,4,6,8,10-12H2,1-2H3,(H2,18,19). The first-order valence-electron chi connectivity index (χ1n) is 7.97. The quantitative estimate of drug-likeness (QED) is 0.642. The molecule has 2 atom stereocenters. The number of ether oxygens (including phenoxy) is 1. The number of likely N-dealkylation sites (tertiary alicyclic amines) is 1. The van der Waals surface area contributed by atoms with Crippen molar-refractivity contribution in [3.63, 3.8) is 0 Å². The predicted octanol–water partition coefficient (Wildman–Crippen LogP) is 1.78. The van der Waals surface area contributed by atoms with Crippen LogP contribution >= 0.6 is 0 Å². The third-order valence-corrected chi connectivity index (χ3v) is 3.88. The van der Waals surface area contributed by atoms with Gasteiger partial charge in [-0.2, -0.15) is 0 Å². The van der Waals surface area contributed by atoms with Crippen LogP contribution in [0.25, 0.3) is 0 Å². The highest BCUT2D eigenvalue weighted by Gasteiger charge is 2.17. The van der Waals surface area contributed by atoms with Gasteiger partial charge in [0.1, 0.15) is 18.5 Å². The van der Waals surface area contributed by atoms with Crippen LogP contribution < -0.4 is 10.5 Å². The molecule has 0 bridgehead atoms.